The highest BCUT2D eigenvalue weighted by Crippen LogP contribution is 2.25. The van der Waals surface area contributed by atoms with Crippen LogP contribution in [0.4, 0.5) is 0 Å². The number of aryl methyl sites for hydroxylation is 1. The smallest absolute Gasteiger partial charge is 0.242 e. The van der Waals surface area contributed by atoms with Crippen molar-refractivity contribution in [2.45, 2.75) is 58.5 Å². The number of hydrogen-bond donors (Lipinski definition) is 1. The lowest BCUT2D eigenvalue weighted by Crippen LogP contribution is -2.50. The van der Waals surface area contributed by atoms with Gasteiger partial charge in [0.25, 0.3) is 0 Å². The first-order valence-corrected chi connectivity index (χ1v) is 12.3. The molecular weight excluding hydrogens is 451 g/mol. The zero-order valence-corrected chi connectivity index (χ0v) is 20.8. The van der Waals surface area contributed by atoms with Crippen LogP contribution in [0.25, 0.3) is 0 Å². The Hall–Kier alpha value is -1.69. The summed E-state index contributed by atoms with van der Waals surface area (Å²) in [6.45, 7) is 8.18. The van der Waals surface area contributed by atoms with E-state index in [0.29, 0.717) is 22.3 Å². The second-order valence-corrected chi connectivity index (χ2v) is 9.54. The molecule has 168 valence electrons. The highest BCUT2D eigenvalue weighted by molar-refractivity contribution is 7.99. The average Bonchev–Trinajstić information content (AvgIpc) is 2.75. The molecule has 7 heteroatoms. The summed E-state index contributed by atoms with van der Waals surface area (Å²) in [5.74, 6) is 0.698. The minimum Gasteiger partial charge on any atom is -0.352 e. The molecule has 0 unspecified atom stereocenters. The molecule has 2 amide bonds. The fourth-order valence-electron chi connectivity index (χ4n) is 2.91. The molecule has 2 rings (SSSR count). The Morgan fingerprint density at radius 1 is 1.03 bits per heavy atom. The van der Waals surface area contributed by atoms with Crippen molar-refractivity contribution in [2.24, 2.45) is 0 Å². The summed E-state index contributed by atoms with van der Waals surface area (Å²) in [6, 6.07) is 13.0. The van der Waals surface area contributed by atoms with Gasteiger partial charge in [-0.3, -0.25) is 9.59 Å². The monoisotopic (exact) mass is 480 g/mol. The van der Waals surface area contributed by atoms with Crippen molar-refractivity contribution in [3.63, 3.8) is 0 Å². The third kappa shape index (κ3) is 8.06. The van der Waals surface area contributed by atoms with Crippen LogP contribution < -0.4 is 5.32 Å². The zero-order chi connectivity index (χ0) is 23.0. The Balaban J connectivity index is 2.07. The van der Waals surface area contributed by atoms with Gasteiger partial charge in [0.05, 0.1) is 15.8 Å². The third-order valence-electron chi connectivity index (χ3n) is 5.12. The summed E-state index contributed by atoms with van der Waals surface area (Å²) in [5, 5.41) is 4.00. The number of hydrogen-bond acceptors (Lipinski definition) is 3. The number of halogens is 2. The van der Waals surface area contributed by atoms with Gasteiger partial charge >= 0.3 is 0 Å². The molecule has 31 heavy (non-hydrogen) atoms. The van der Waals surface area contributed by atoms with Gasteiger partial charge in [0.2, 0.25) is 11.8 Å². The molecule has 0 aliphatic carbocycles. The topological polar surface area (TPSA) is 49.4 Å². The maximum Gasteiger partial charge on any atom is 0.242 e. The van der Waals surface area contributed by atoms with Crippen molar-refractivity contribution in [1.82, 2.24) is 10.2 Å². The standard InChI is InChI=1S/C24H30Cl2N2O2S/c1-5-17(3)27-24(30)18(4)28(13-19-8-6-16(2)7-9-19)23(29)15-31-14-20-10-11-21(25)22(26)12-20/h6-12,17-18H,5,13-15H2,1-4H3,(H,27,30)/t17-,18+/m0/s1. The molecule has 0 aliphatic heterocycles. The Bertz CT molecular complexity index is 890. The number of nitrogens with zero attached hydrogens (tertiary/aromatic N) is 1. The van der Waals surface area contributed by atoms with Gasteiger partial charge in [-0.05, 0) is 50.5 Å². The van der Waals surface area contributed by atoms with Gasteiger partial charge in [0.1, 0.15) is 6.04 Å². The lowest BCUT2D eigenvalue weighted by molar-refractivity contribution is -0.138. The summed E-state index contributed by atoms with van der Waals surface area (Å²) in [6.07, 6.45) is 0.837. The quantitative estimate of drug-likeness (QED) is 0.462. The van der Waals surface area contributed by atoms with E-state index in [0.717, 1.165) is 23.1 Å². The maximum atomic E-state index is 13.1. The van der Waals surface area contributed by atoms with Crippen LogP contribution in [0.1, 0.15) is 43.9 Å². The molecule has 0 aromatic heterocycles. The van der Waals surface area contributed by atoms with Crippen LogP contribution in [0.3, 0.4) is 0 Å². The van der Waals surface area contributed by atoms with E-state index in [4.69, 9.17) is 23.2 Å². The lowest BCUT2D eigenvalue weighted by atomic mass is 10.1. The van der Waals surface area contributed by atoms with Crippen molar-refractivity contribution >= 4 is 46.8 Å². The molecule has 0 saturated carbocycles. The highest BCUT2D eigenvalue weighted by Gasteiger charge is 2.26. The van der Waals surface area contributed by atoms with Crippen LogP contribution in [0.2, 0.25) is 10.0 Å². The van der Waals surface area contributed by atoms with E-state index < -0.39 is 6.04 Å². The SMILES string of the molecule is CC[C@H](C)NC(=O)[C@@H](C)N(Cc1ccc(C)cc1)C(=O)CSCc1ccc(Cl)c(Cl)c1. The summed E-state index contributed by atoms with van der Waals surface area (Å²) in [4.78, 5) is 27.5. The Morgan fingerprint density at radius 3 is 2.29 bits per heavy atom. The number of rotatable bonds is 10. The summed E-state index contributed by atoms with van der Waals surface area (Å²) in [7, 11) is 0. The van der Waals surface area contributed by atoms with E-state index in [2.05, 4.69) is 5.32 Å². The fraction of sp³-hybridized carbons (Fsp3) is 0.417. The Labute approximate surface area is 199 Å². The lowest BCUT2D eigenvalue weighted by Gasteiger charge is -2.29. The normalized spacial score (nSPS) is 12.8. The number of amides is 2. The molecule has 2 aromatic rings. The van der Waals surface area contributed by atoms with Crippen LogP contribution in [0.5, 0.6) is 0 Å². The van der Waals surface area contributed by atoms with Crippen molar-refractivity contribution in [3.8, 4) is 0 Å². The molecule has 2 atom stereocenters. The highest BCUT2D eigenvalue weighted by atomic mass is 35.5. The molecule has 0 fully saturated rings. The van der Waals surface area contributed by atoms with Gasteiger partial charge in [-0.2, -0.15) is 0 Å². The van der Waals surface area contributed by atoms with Crippen molar-refractivity contribution in [2.75, 3.05) is 5.75 Å². The second kappa shape index (κ2) is 12.4. The van der Waals surface area contributed by atoms with Gasteiger partial charge < -0.3 is 10.2 Å². The van der Waals surface area contributed by atoms with Crippen molar-refractivity contribution < 1.29 is 9.59 Å². The summed E-state index contributed by atoms with van der Waals surface area (Å²) < 4.78 is 0. The predicted molar refractivity (Wildman–Crippen MR) is 132 cm³/mol. The molecule has 0 radical (unpaired) electrons. The summed E-state index contributed by atoms with van der Waals surface area (Å²) >= 11 is 13.5. The molecular formula is C24H30Cl2N2O2S. The van der Waals surface area contributed by atoms with Crippen LogP contribution in [-0.2, 0) is 21.9 Å². The molecule has 0 heterocycles. The number of carbonyl (C=O) groups is 2. The first kappa shape index (κ1) is 25.6. The van der Waals surface area contributed by atoms with Crippen molar-refractivity contribution in [1.29, 1.82) is 0 Å². The molecule has 1 N–H and O–H groups in total. The number of thioether (sulfide) groups is 1. The number of benzene rings is 2. The molecule has 0 aliphatic rings. The molecule has 4 nitrogen and oxygen atoms in total. The predicted octanol–water partition coefficient (Wildman–Crippen LogP) is 5.87. The van der Waals surface area contributed by atoms with Gasteiger partial charge in [-0.15, -0.1) is 11.8 Å². The number of carbonyl (C=O) groups excluding carboxylic acids is 2. The van der Waals surface area contributed by atoms with E-state index >= 15 is 0 Å². The van der Waals surface area contributed by atoms with Gasteiger partial charge in [-0.25, -0.2) is 0 Å². The average molecular weight is 481 g/mol. The van der Waals surface area contributed by atoms with E-state index in [1.165, 1.54) is 11.8 Å². The van der Waals surface area contributed by atoms with E-state index in [1.54, 1.807) is 17.9 Å². The van der Waals surface area contributed by atoms with E-state index in [-0.39, 0.29) is 23.6 Å². The largest absolute Gasteiger partial charge is 0.352 e. The molecule has 0 spiro atoms. The Kier molecular flexibility index (Phi) is 10.2. The third-order valence-corrected chi connectivity index (χ3v) is 6.85. The molecule has 0 saturated heterocycles. The Morgan fingerprint density at radius 2 is 1.68 bits per heavy atom. The fourth-order valence-corrected chi connectivity index (χ4v) is 4.09. The van der Waals surface area contributed by atoms with Crippen LogP contribution >= 0.6 is 35.0 Å². The van der Waals surface area contributed by atoms with E-state index in [1.807, 2.05) is 57.2 Å². The van der Waals surface area contributed by atoms with Gasteiger partial charge in [0, 0.05) is 18.3 Å². The first-order valence-electron chi connectivity index (χ1n) is 10.4. The zero-order valence-electron chi connectivity index (χ0n) is 18.5. The molecule has 0 bridgehead atoms. The minimum absolute atomic E-state index is 0.0651. The van der Waals surface area contributed by atoms with Crippen LogP contribution in [0, 0.1) is 6.92 Å². The molecule has 2 aromatic carbocycles. The van der Waals surface area contributed by atoms with Crippen molar-refractivity contribution in [3.05, 3.63) is 69.2 Å². The van der Waals surface area contributed by atoms with E-state index in [9.17, 15) is 9.59 Å². The number of nitrogens with one attached hydrogen (secondary N) is 1. The van der Waals surface area contributed by atoms with Crippen LogP contribution in [-0.4, -0.2) is 34.6 Å². The van der Waals surface area contributed by atoms with Gasteiger partial charge in [-0.1, -0.05) is 66.0 Å². The maximum absolute atomic E-state index is 13.1. The first-order chi connectivity index (χ1) is 14.7. The second-order valence-electron chi connectivity index (χ2n) is 7.74. The van der Waals surface area contributed by atoms with Gasteiger partial charge in [0.15, 0.2) is 0 Å². The van der Waals surface area contributed by atoms with Crippen LogP contribution in [0.15, 0.2) is 42.5 Å². The minimum atomic E-state index is -0.562. The summed E-state index contributed by atoms with van der Waals surface area (Å²) in [5.41, 5.74) is 3.15.